The lowest BCUT2D eigenvalue weighted by atomic mass is 9.79. The second-order valence-electron chi connectivity index (χ2n) is 3.08. The number of carboxylic acid groups (broad SMARTS) is 1. The summed E-state index contributed by atoms with van der Waals surface area (Å²) in [7, 11) is 0. The number of carbonyl (C=O) groups is 1. The van der Waals surface area contributed by atoms with Crippen LogP contribution in [0.25, 0.3) is 0 Å². The van der Waals surface area contributed by atoms with Gasteiger partial charge in [0.1, 0.15) is 0 Å². The van der Waals surface area contributed by atoms with Crippen LogP contribution >= 0.6 is 0 Å². The zero-order valence-corrected chi connectivity index (χ0v) is 6.75. The zero-order chi connectivity index (χ0) is 9.03. The summed E-state index contributed by atoms with van der Waals surface area (Å²) in [4.78, 5) is 10.4. The van der Waals surface area contributed by atoms with Gasteiger partial charge in [0, 0.05) is 13.2 Å². The molecule has 1 fully saturated rings. The van der Waals surface area contributed by atoms with Crippen molar-refractivity contribution in [1.29, 1.82) is 5.26 Å². The monoisotopic (exact) mass is 169 g/mol. The van der Waals surface area contributed by atoms with E-state index in [0.29, 0.717) is 26.1 Å². The van der Waals surface area contributed by atoms with Gasteiger partial charge in [-0.1, -0.05) is 0 Å². The number of hydrogen-bond donors (Lipinski definition) is 1. The Bertz CT molecular complexity index is 213. The number of nitriles is 1. The van der Waals surface area contributed by atoms with Crippen LogP contribution in [0, 0.1) is 16.7 Å². The second-order valence-corrected chi connectivity index (χ2v) is 3.08. The maximum Gasteiger partial charge on any atom is 0.304 e. The molecule has 66 valence electrons. The van der Waals surface area contributed by atoms with Gasteiger partial charge in [0.25, 0.3) is 0 Å². The molecule has 1 N–H and O–H groups in total. The Kier molecular flexibility index (Phi) is 2.66. The fourth-order valence-electron chi connectivity index (χ4n) is 1.38. The highest BCUT2D eigenvalue weighted by atomic mass is 16.5. The maximum atomic E-state index is 10.4. The van der Waals surface area contributed by atoms with Crippen LogP contribution in [0.2, 0.25) is 0 Å². The highest BCUT2D eigenvalue weighted by molar-refractivity contribution is 5.68. The summed E-state index contributed by atoms with van der Waals surface area (Å²) >= 11 is 0. The zero-order valence-electron chi connectivity index (χ0n) is 6.75. The minimum Gasteiger partial charge on any atom is -0.481 e. The maximum absolute atomic E-state index is 10.4. The largest absolute Gasteiger partial charge is 0.481 e. The molecule has 0 aromatic heterocycles. The van der Waals surface area contributed by atoms with E-state index in [9.17, 15) is 4.79 Å². The number of nitrogens with zero attached hydrogens (tertiary/aromatic N) is 1. The molecule has 1 heterocycles. The molecule has 0 aromatic rings. The highest BCUT2D eigenvalue weighted by Gasteiger charge is 2.34. The molecule has 1 aliphatic heterocycles. The quantitative estimate of drug-likeness (QED) is 0.663. The Hall–Kier alpha value is -1.08. The molecule has 0 radical (unpaired) electrons. The van der Waals surface area contributed by atoms with E-state index < -0.39 is 11.4 Å². The molecule has 1 saturated heterocycles. The first kappa shape index (κ1) is 9.01. The number of aliphatic carboxylic acids is 1. The van der Waals surface area contributed by atoms with E-state index in [4.69, 9.17) is 15.1 Å². The highest BCUT2D eigenvalue weighted by Crippen LogP contribution is 2.33. The van der Waals surface area contributed by atoms with Crippen LogP contribution in [-0.2, 0) is 9.53 Å². The van der Waals surface area contributed by atoms with Gasteiger partial charge in [0.2, 0.25) is 0 Å². The van der Waals surface area contributed by atoms with Gasteiger partial charge >= 0.3 is 5.97 Å². The van der Waals surface area contributed by atoms with Gasteiger partial charge in [0.05, 0.1) is 17.9 Å². The van der Waals surface area contributed by atoms with Crippen molar-refractivity contribution in [3.8, 4) is 6.07 Å². The third kappa shape index (κ3) is 1.95. The fourth-order valence-corrected chi connectivity index (χ4v) is 1.38. The lowest BCUT2D eigenvalue weighted by Crippen LogP contribution is -2.30. The van der Waals surface area contributed by atoms with E-state index in [1.54, 1.807) is 0 Å². The van der Waals surface area contributed by atoms with Crippen molar-refractivity contribution in [3.63, 3.8) is 0 Å². The molecule has 0 amide bonds. The molecule has 4 heteroatoms. The van der Waals surface area contributed by atoms with E-state index >= 15 is 0 Å². The first-order valence-corrected chi connectivity index (χ1v) is 3.89. The normalized spacial score (nSPS) is 21.2. The van der Waals surface area contributed by atoms with Gasteiger partial charge in [-0.15, -0.1) is 0 Å². The van der Waals surface area contributed by atoms with Crippen LogP contribution in [0.1, 0.15) is 19.3 Å². The lowest BCUT2D eigenvalue weighted by molar-refractivity contribution is -0.140. The fraction of sp³-hybridized carbons (Fsp3) is 0.750. The lowest BCUT2D eigenvalue weighted by Gasteiger charge is -2.28. The molecule has 0 atom stereocenters. The van der Waals surface area contributed by atoms with Crippen molar-refractivity contribution in [2.24, 2.45) is 5.41 Å². The van der Waals surface area contributed by atoms with Crippen molar-refractivity contribution >= 4 is 5.97 Å². The van der Waals surface area contributed by atoms with Crippen LogP contribution in [0.15, 0.2) is 0 Å². The molecule has 4 nitrogen and oxygen atoms in total. The Morgan fingerprint density at radius 2 is 2.17 bits per heavy atom. The van der Waals surface area contributed by atoms with Crippen molar-refractivity contribution in [2.75, 3.05) is 13.2 Å². The van der Waals surface area contributed by atoms with E-state index in [-0.39, 0.29) is 6.42 Å². The van der Waals surface area contributed by atoms with E-state index in [2.05, 4.69) is 6.07 Å². The van der Waals surface area contributed by atoms with Gasteiger partial charge < -0.3 is 9.84 Å². The number of rotatable bonds is 2. The third-order valence-corrected chi connectivity index (χ3v) is 2.18. The van der Waals surface area contributed by atoms with Gasteiger partial charge in [-0.25, -0.2) is 0 Å². The molecule has 0 saturated carbocycles. The van der Waals surface area contributed by atoms with Gasteiger partial charge in [-0.3, -0.25) is 4.79 Å². The minimum atomic E-state index is -0.904. The van der Waals surface area contributed by atoms with Crippen LogP contribution in [-0.4, -0.2) is 24.3 Å². The Morgan fingerprint density at radius 3 is 2.58 bits per heavy atom. The smallest absolute Gasteiger partial charge is 0.304 e. The second kappa shape index (κ2) is 3.55. The van der Waals surface area contributed by atoms with E-state index in [1.807, 2.05) is 0 Å². The molecule has 0 unspecified atom stereocenters. The summed E-state index contributed by atoms with van der Waals surface area (Å²) in [6, 6.07) is 2.09. The Morgan fingerprint density at radius 1 is 1.58 bits per heavy atom. The van der Waals surface area contributed by atoms with Crippen molar-refractivity contribution < 1.29 is 14.6 Å². The third-order valence-electron chi connectivity index (χ3n) is 2.18. The van der Waals surface area contributed by atoms with Crippen LogP contribution in [0.3, 0.4) is 0 Å². The minimum absolute atomic E-state index is 0.0626. The molecule has 0 spiro atoms. The molecular formula is C8H11NO3. The molecule has 1 rings (SSSR count). The number of ether oxygens (including phenoxy) is 1. The summed E-state index contributed by atoms with van der Waals surface area (Å²) in [6.07, 6.45) is 1.01. The van der Waals surface area contributed by atoms with Crippen molar-refractivity contribution in [3.05, 3.63) is 0 Å². The molecule has 1 aliphatic rings. The number of carboxylic acids is 1. The molecule has 0 aliphatic carbocycles. The van der Waals surface area contributed by atoms with Crippen molar-refractivity contribution in [1.82, 2.24) is 0 Å². The predicted octanol–water partition coefficient (Wildman–Crippen LogP) is 0.781. The first-order chi connectivity index (χ1) is 5.68. The topological polar surface area (TPSA) is 70.3 Å². The average Bonchev–Trinajstić information content (AvgIpc) is 2.05. The van der Waals surface area contributed by atoms with Crippen LogP contribution < -0.4 is 0 Å². The molecular weight excluding hydrogens is 158 g/mol. The van der Waals surface area contributed by atoms with Gasteiger partial charge in [-0.2, -0.15) is 5.26 Å². The van der Waals surface area contributed by atoms with E-state index in [1.165, 1.54) is 0 Å². The Labute approximate surface area is 70.7 Å². The first-order valence-electron chi connectivity index (χ1n) is 3.89. The standard InChI is InChI=1S/C8H11NO3/c9-6-8(5-7(10)11)1-3-12-4-2-8/h1-5H2,(H,10,11). The summed E-state index contributed by atoms with van der Waals surface area (Å²) in [5.41, 5.74) is -0.677. The summed E-state index contributed by atoms with van der Waals surface area (Å²) in [6.45, 7) is 1.00. The predicted molar refractivity (Wildman–Crippen MR) is 40.4 cm³/mol. The van der Waals surface area contributed by atoms with E-state index in [0.717, 1.165) is 0 Å². The van der Waals surface area contributed by atoms with Crippen LogP contribution in [0.5, 0.6) is 0 Å². The summed E-state index contributed by atoms with van der Waals surface area (Å²) in [5, 5.41) is 17.4. The van der Waals surface area contributed by atoms with Crippen molar-refractivity contribution in [2.45, 2.75) is 19.3 Å². The molecule has 0 bridgehead atoms. The van der Waals surface area contributed by atoms with Gasteiger partial charge in [-0.05, 0) is 12.8 Å². The average molecular weight is 169 g/mol. The van der Waals surface area contributed by atoms with Crippen LogP contribution in [0.4, 0.5) is 0 Å². The SMILES string of the molecule is N#CC1(CC(=O)O)CCOCC1. The summed E-state index contributed by atoms with van der Waals surface area (Å²) < 4.78 is 5.06. The number of hydrogen-bond acceptors (Lipinski definition) is 3. The summed E-state index contributed by atoms with van der Waals surface area (Å²) in [5.74, 6) is -0.904. The molecule has 12 heavy (non-hydrogen) atoms. The molecule has 0 aromatic carbocycles. The Balaban J connectivity index is 2.61. The van der Waals surface area contributed by atoms with Gasteiger partial charge in [0.15, 0.2) is 0 Å².